The summed E-state index contributed by atoms with van der Waals surface area (Å²) < 4.78 is 5.34. The van der Waals surface area contributed by atoms with Crippen molar-refractivity contribution in [3.63, 3.8) is 0 Å². The fraction of sp³-hybridized carbons (Fsp3) is 0.455. The number of hydrogen-bond acceptors (Lipinski definition) is 2. The molecule has 0 bridgehead atoms. The quantitative estimate of drug-likeness (QED) is 0.712. The van der Waals surface area contributed by atoms with Crippen LogP contribution < -0.4 is 0 Å². The van der Waals surface area contributed by atoms with Crippen LogP contribution in [-0.4, -0.2) is 5.11 Å². The van der Waals surface area contributed by atoms with E-state index >= 15 is 0 Å². The van der Waals surface area contributed by atoms with E-state index in [2.05, 4.69) is 6.07 Å². The van der Waals surface area contributed by atoms with Crippen molar-refractivity contribution in [2.45, 2.75) is 32.7 Å². The lowest BCUT2D eigenvalue weighted by molar-refractivity contribution is 0.0750. The second-order valence-corrected chi connectivity index (χ2v) is 4.00. The van der Waals surface area contributed by atoms with E-state index in [1.54, 1.807) is 13.8 Å². The van der Waals surface area contributed by atoms with Gasteiger partial charge in [-0.05, 0) is 30.5 Å². The van der Waals surface area contributed by atoms with Crippen molar-refractivity contribution < 1.29 is 9.84 Å². The van der Waals surface area contributed by atoms with E-state index < -0.39 is 5.60 Å². The Labute approximate surface area is 78.2 Å². The van der Waals surface area contributed by atoms with Gasteiger partial charge in [0, 0.05) is 0 Å². The summed E-state index contributed by atoms with van der Waals surface area (Å²) >= 11 is 0. The van der Waals surface area contributed by atoms with Crippen LogP contribution in [0.3, 0.4) is 0 Å². The van der Waals surface area contributed by atoms with Crippen molar-refractivity contribution in [3.8, 4) is 0 Å². The third kappa shape index (κ3) is 1.47. The van der Waals surface area contributed by atoms with Crippen LogP contribution in [0.25, 0.3) is 0 Å². The zero-order valence-electron chi connectivity index (χ0n) is 8.00. The topological polar surface area (TPSA) is 29.5 Å². The molecule has 0 unspecified atom stereocenters. The summed E-state index contributed by atoms with van der Waals surface area (Å²) in [6.07, 6.45) is 0. The van der Waals surface area contributed by atoms with Crippen LogP contribution in [0.4, 0.5) is 0 Å². The summed E-state index contributed by atoms with van der Waals surface area (Å²) in [4.78, 5) is 0. The summed E-state index contributed by atoms with van der Waals surface area (Å²) in [6, 6.07) is 5.99. The van der Waals surface area contributed by atoms with Crippen molar-refractivity contribution in [3.05, 3.63) is 34.9 Å². The maximum Gasteiger partial charge on any atom is 0.0844 e. The average molecular weight is 178 g/mol. The molecule has 0 amide bonds. The Kier molecular flexibility index (Phi) is 1.90. The molecule has 0 saturated heterocycles. The van der Waals surface area contributed by atoms with Gasteiger partial charge in [-0.25, -0.2) is 0 Å². The van der Waals surface area contributed by atoms with E-state index in [4.69, 9.17) is 4.74 Å². The fourth-order valence-electron chi connectivity index (χ4n) is 1.78. The molecule has 13 heavy (non-hydrogen) atoms. The third-order valence-corrected chi connectivity index (χ3v) is 2.44. The molecule has 0 atom stereocenters. The van der Waals surface area contributed by atoms with Crippen LogP contribution in [0, 0.1) is 0 Å². The first-order valence-electron chi connectivity index (χ1n) is 4.50. The zero-order chi connectivity index (χ0) is 9.47. The molecule has 2 nitrogen and oxygen atoms in total. The molecule has 0 saturated carbocycles. The molecule has 0 aliphatic carbocycles. The molecule has 1 aliphatic rings. The van der Waals surface area contributed by atoms with Gasteiger partial charge in [-0.3, -0.25) is 0 Å². The molecular weight excluding hydrogens is 164 g/mol. The Bertz CT molecular complexity index is 323. The van der Waals surface area contributed by atoms with E-state index in [9.17, 15) is 5.11 Å². The van der Waals surface area contributed by atoms with E-state index in [0.29, 0.717) is 13.2 Å². The number of benzene rings is 1. The second-order valence-electron chi connectivity index (χ2n) is 4.00. The number of fused-ring (bicyclic) bond motifs is 1. The molecule has 0 aromatic heterocycles. The summed E-state index contributed by atoms with van der Waals surface area (Å²) in [5.74, 6) is 0. The number of rotatable bonds is 1. The molecule has 1 aliphatic heterocycles. The SMILES string of the molecule is CC(C)(O)c1cccc2c1COC2. The lowest BCUT2D eigenvalue weighted by atomic mass is 9.91. The van der Waals surface area contributed by atoms with Gasteiger partial charge in [0.05, 0.1) is 18.8 Å². The van der Waals surface area contributed by atoms with Crippen molar-refractivity contribution >= 4 is 0 Å². The molecule has 0 radical (unpaired) electrons. The van der Waals surface area contributed by atoms with Gasteiger partial charge in [0.15, 0.2) is 0 Å². The standard InChI is InChI=1S/C11H14O2/c1-11(2,12)10-5-3-4-8-6-13-7-9(8)10/h3-5,12H,6-7H2,1-2H3. The van der Waals surface area contributed by atoms with E-state index in [1.165, 1.54) is 5.56 Å². The number of aliphatic hydroxyl groups is 1. The van der Waals surface area contributed by atoms with E-state index in [1.807, 2.05) is 12.1 Å². The van der Waals surface area contributed by atoms with Gasteiger partial charge in [0.1, 0.15) is 0 Å². The number of ether oxygens (including phenoxy) is 1. The first kappa shape index (κ1) is 8.73. The summed E-state index contributed by atoms with van der Waals surface area (Å²) in [5.41, 5.74) is 2.59. The van der Waals surface area contributed by atoms with Crippen molar-refractivity contribution in [1.82, 2.24) is 0 Å². The van der Waals surface area contributed by atoms with E-state index in [-0.39, 0.29) is 0 Å². The van der Waals surface area contributed by atoms with Crippen LogP contribution in [0.1, 0.15) is 30.5 Å². The fourth-order valence-corrected chi connectivity index (χ4v) is 1.78. The highest BCUT2D eigenvalue weighted by molar-refractivity contribution is 5.39. The lowest BCUT2D eigenvalue weighted by Crippen LogP contribution is -2.17. The minimum Gasteiger partial charge on any atom is -0.386 e. The normalized spacial score (nSPS) is 15.9. The monoisotopic (exact) mass is 178 g/mol. The molecule has 70 valence electrons. The smallest absolute Gasteiger partial charge is 0.0844 e. The Hall–Kier alpha value is -0.860. The van der Waals surface area contributed by atoms with E-state index in [0.717, 1.165) is 11.1 Å². The molecule has 1 aromatic carbocycles. The average Bonchev–Trinajstić information content (AvgIpc) is 2.48. The minimum atomic E-state index is -0.765. The molecule has 1 aromatic rings. The van der Waals surface area contributed by atoms with Gasteiger partial charge < -0.3 is 9.84 Å². The van der Waals surface area contributed by atoms with Gasteiger partial charge in [0.2, 0.25) is 0 Å². The highest BCUT2D eigenvalue weighted by atomic mass is 16.5. The van der Waals surface area contributed by atoms with Gasteiger partial charge in [-0.15, -0.1) is 0 Å². The molecule has 0 fully saturated rings. The number of hydrogen-bond donors (Lipinski definition) is 1. The van der Waals surface area contributed by atoms with Crippen LogP contribution in [0.5, 0.6) is 0 Å². The van der Waals surface area contributed by atoms with Gasteiger partial charge in [-0.2, -0.15) is 0 Å². The Morgan fingerprint density at radius 3 is 2.77 bits per heavy atom. The van der Waals surface area contributed by atoms with Crippen LogP contribution in [0.2, 0.25) is 0 Å². The van der Waals surface area contributed by atoms with Crippen molar-refractivity contribution in [1.29, 1.82) is 0 Å². The van der Waals surface area contributed by atoms with Crippen molar-refractivity contribution in [2.75, 3.05) is 0 Å². The predicted octanol–water partition coefficient (Wildman–Crippen LogP) is 1.94. The van der Waals surface area contributed by atoms with Gasteiger partial charge in [0.25, 0.3) is 0 Å². The Balaban J connectivity index is 2.54. The zero-order valence-corrected chi connectivity index (χ0v) is 8.00. The maximum absolute atomic E-state index is 9.90. The highest BCUT2D eigenvalue weighted by Gasteiger charge is 2.24. The molecular formula is C11H14O2. The summed E-state index contributed by atoms with van der Waals surface area (Å²) in [7, 11) is 0. The molecule has 2 rings (SSSR count). The first-order chi connectivity index (χ1) is 6.09. The van der Waals surface area contributed by atoms with Crippen LogP contribution in [-0.2, 0) is 23.6 Å². The second kappa shape index (κ2) is 2.82. The Morgan fingerprint density at radius 1 is 1.31 bits per heavy atom. The molecule has 0 spiro atoms. The molecule has 1 N–H and O–H groups in total. The van der Waals surface area contributed by atoms with Gasteiger partial charge in [-0.1, -0.05) is 18.2 Å². The predicted molar refractivity (Wildman–Crippen MR) is 50.2 cm³/mol. The first-order valence-corrected chi connectivity index (χ1v) is 4.50. The van der Waals surface area contributed by atoms with Crippen LogP contribution in [0.15, 0.2) is 18.2 Å². The summed E-state index contributed by atoms with van der Waals surface area (Å²) in [5, 5.41) is 9.90. The van der Waals surface area contributed by atoms with Gasteiger partial charge >= 0.3 is 0 Å². The Morgan fingerprint density at radius 2 is 2.08 bits per heavy atom. The molecule has 2 heteroatoms. The third-order valence-electron chi connectivity index (χ3n) is 2.44. The van der Waals surface area contributed by atoms with Crippen molar-refractivity contribution in [2.24, 2.45) is 0 Å². The highest BCUT2D eigenvalue weighted by Crippen LogP contribution is 2.30. The summed E-state index contributed by atoms with van der Waals surface area (Å²) in [6.45, 7) is 4.93. The van der Waals surface area contributed by atoms with Crippen LogP contribution >= 0.6 is 0 Å². The largest absolute Gasteiger partial charge is 0.386 e. The minimum absolute atomic E-state index is 0.634. The molecule has 1 heterocycles. The maximum atomic E-state index is 9.90. The lowest BCUT2D eigenvalue weighted by Gasteiger charge is -2.20.